The van der Waals surface area contributed by atoms with Gasteiger partial charge in [-0.25, -0.2) is 4.79 Å². The van der Waals surface area contributed by atoms with Crippen LogP contribution in [0.4, 0.5) is 5.69 Å². The van der Waals surface area contributed by atoms with Crippen molar-refractivity contribution < 1.29 is 15.0 Å². The molecule has 104 valence electrons. The molecule has 0 aromatic heterocycles. The van der Waals surface area contributed by atoms with E-state index in [1.165, 1.54) is 0 Å². The van der Waals surface area contributed by atoms with E-state index in [9.17, 15) is 9.90 Å². The number of rotatable bonds is 5. The van der Waals surface area contributed by atoms with Gasteiger partial charge in [-0.1, -0.05) is 13.8 Å². The first kappa shape index (κ1) is 13.9. The van der Waals surface area contributed by atoms with Crippen LogP contribution in [0.25, 0.3) is 0 Å². The van der Waals surface area contributed by atoms with Gasteiger partial charge in [0.2, 0.25) is 0 Å². The Morgan fingerprint density at radius 3 is 2.63 bits per heavy atom. The van der Waals surface area contributed by atoms with Gasteiger partial charge in [-0.15, -0.1) is 0 Å². The van der Waals surface area contributed by atoms with E-state index >= 15 is 0 Å². The molecule has 2 N–H and O–H groups in total. The van der Waals surface area contributed by atoms with Crippen molar-refractivity contribution in [3.8, 4) is 0 Å². The lowest BCUT2D eigenvalue weighted by Gasteiger charge is -2.32. The summed E-state index contributed by atoms with van der Waals surface area (Å²) in [5.41, 5.74) is 1.80. The fourth-order valence-electron chi connectivity index (χ4n) is 2.60. The number of fused-ring (bicyclic) bond motifs is 1. The van der Waals surface area contributed by atoms with Crippen LogP contribution in [-0.4, -0.2) is 34.9 Å². The van der Waals surface area contributed by atoms with Crippen molar-refractivity contribution in [1.82, 2.24) is 0 Å². The van der Waals surface area contributed by atoms with Crippen LogP contribution in [0.1, 0.15) is 42.6 Å². The smallest absolute Gasteiger partial charge is 0.335 e. The monoisotopic (exact) mass is 263 g/mol. The van der Waals surface area contributed by atoms with Crippen LogP contribution < -0.4 is 4.90 Å². The highest BCUT2D eigenvalue weighted by Crippen LogP contribution is 2.31. The van der Waals surface area contributed by atoms with Crippen molar-refractivity contribution in [2.24, 2.45) is 0 Å². The van der Waals surface area contributed by atoms with E-state index < -0.39 is 11.6 Å². The van der Waals surface area contributed by atoms with E-state index in [2.05, 4.69) is 4.90 Å². The van der Waals surface area contributed by atoms with Crippen molar-refractivity contribution in [2.75, 3.05) is 18.0 Å². The third-order valence-corrected chi connectivity index (χ3v) is 4.12. The first-order chi connectivity index (χ1) is 8.99. The van der Waals surface area contributed by atoms with Gasteiger partial charge in [0.05, 0.1) is 11.2 Å². The summed E-state index contributed by atoms with van der Waals surface area (Å²) in [7, 11) is 0. The highest BCUT2D eigenvalue weighted by atomic mass is 16.4. The van der Waals surface area contributed by atoms with Crippen molar-refractivity contribution in [3.63, 3.8) is 0 Å². The van der Waals surface area contributed by atoms with Gasteiger partial charge in [-0.3, -0.25) is 0 Å². The molecule has 2 rings (SSSR count). The molecule has 0 saturated heterocycles. The molecule has 19 heavy (non-hydrogen) atoms. The van der Waals surface area contributed by atoms with Crippen LogP contribution in [0.15, 0.2) is 18.2 Å². The Labute approximate surface area is 113 Å². The fourth-order valence-corrected chi connectivity index (χ4v) is 2.60. The molecule has 0 bridgehead atoms. The average Bonchev–Trinajstić information content (AvgIpc) is 2.80. The molecular formula is C15H21NO3. The van der Waals surface area contributed by atoms with E-state index in [0.29, 0.717) is 12.1 Å². The maximum absolute atomic E-state index is 11.0. The molecule has 1 aliphatic heterocycles. The Balaban J connectivity index is 2.21. The second-order valence-electron chi connectivity index (χ2n) is 5.25. The molecule has 4 nitrogen and oxygen atoms in total. The van der Waals surface area contributed by atoms with Crippen LogP contribution in [0, 0.1) is 0 Å². The van der Waals surface area contributed by atoms with Crippen LogP contribution in [0.5, 0.6) is 0 Å². The molecule has 1 aromatic carbocycles. The van der Waals surface area contributed by atoms with Crippen LogP contribution >= 0.6 is 0 Å². The summed E-state index contributed by atoms with van der Waals surface area (Å²) in [6.45, 7) is 5.45. The molecule has 0 fully saturated rings. The molecule has 0 spiro atoms. The standard InChI is InChI=1S/C15H21NO3/c1-3-15(19,4-2)10-16-8-7-11-9-12(14(17)18)5-6-13(11)16/h5-6,9,19H,3-4,7-8,10H2,1-2H3,(H,17,18). The minimum atomic E-state index is -0.889. The van der Waals surface area contributed by atoms with Crippen LogP contribution in [0.3, 0.4) is 0 Å². The van der Waals surface area contributed by atoms with E-state index in [1.807, 2.05) is 19.9 Å². The Morgan fingerprint density at radius 2 is 2.05 bits per heavy atom. The molecule has 1 aliphatic rings. The van der Waals surface area contributed by atoms with Crippen molar-refractivity contribution >= 4 is 11.7 Å². The predicted molar refractivity (Wildman–Crippen MR) is 74.9 cm³/mol. The maximum atomic E-state index is 11.0. The summed E-state index contributed by atoms with van der Waals surface area (Å²) in [5.74, 6) is -0.889. The second kappa shape index (κ2) is 5.21. The number of nitrogens with zero attached hydrogens (tertiary/aromatic N) is 1. The zero-order valence-electron chi connectivity index (χ0n) is 11.5. The lowest BCUT2D eigenvalue weighted by atomic mass is 9.97. The SMILES string of the molecule is CCC(O)(CC)CN1CCc2cc(C(=O)O)ccc21. The Hall–Kier alpha value is -1.55. The van der Waals surface area contributed by atoms with Crippen molar-refractivity contribution in [3.05, 3.63) is 29.3 Å². The minimum absolute atomic E-state index is 0.335. The lowest BCUT2D eigenvalue weighted by Crippen LogP contribution is -2.41. The largest absolute Gasteiger partial charge is 0.478 e. The lowest BCUT2D eigenvalue weighted by molar-refractivity contribution is 0.0397. The molecule has 0 amide bonds. The quantitative estimate of drug-likeness (QED) is 0.855. The van der Waals surface area contributed by atoms with Gasteiger partial charge in [-0.05, 0) is 43.0 Å². The summed E-state index contributed by atoms with van der Waals surface area (Å²) in [6.07, 6.45) is 2.30. The van der Waals surface area contributed by atoms with Crippen LogP contribution in [-0.2, 0) is 6.42 Å². The van der Waals surface area contributed by atoms with Gasteiger partial charge >= 0.3 is 5.97 Å². The number of anilines is 1. The van der Waals surface area contributed by atoms with Gasteiger partial charge in [0.15, 0.2) is 0 Å². The molecule has 0 unspecified atom stereocenters. The van der Waals surface area contributed by atoms with E-state index in [1.54, 1.807) is 12.1 Å². The third kappa shape index (κ3) is 2.73. The molecule has 1 aromatic rings. The van der Waals surface area contributed by atoms with Crippen molar-refractivity contribution in [2.45, 2.75) is 38.7 Å². The molecule has 4 heteroatoms. The number of aromatic carboxylic acids is 1. The summed E-state index contributed by atoms with van der Waals surface area (Å²) in [4.78, 5) is 13.1. The molecule has 0 aliphatic carbocycles. The third-order valence-electron chi connectivity index (χ3n) is 4.12. The first-order valence-corrected chi connectivity index (χ1v) is 6.82. The zero-order chi connectivity index (χ0) is 14.0. The number of carboxylic acid groups (broad SMARTS) is 1. The van der Waals surface area contributed by atoms with Gasteiger partial charge in [0.25, 0.3) is 0 Å². The highest BCUT2D eigenvalue weighted by molar-refractivity contribution is 5.88. The number of β-amino-alcohol motifs (C(OH)–C–C–N with tert-alkyl or cyclic N) is 1. The summed E-state index contributed by atoms with van der Waals surface area (Å²) >= 11 is 0. The number of carbonyl (C=O) groups is 1. The highest BCUT2D eigenvalue weighted by Gasteiger charge is 2.29. The summed E-state index contributed by atoms with van der Waals surface area (Å²) < 4.78 is 0. The molecule has 0 atom stereocenters. The number of aliphatic hydroxyl groups is 1. The molecular weight excluding hydrogens is 242 g/mol. The van der Waals surface area contributed by atoms with Gasteiger partial charge in [0, 0.05) is 18.8 Å². The Morgan fingerprint density at radius 1 is 1.37 bits per heavy atom. The van der Waals surface area contributed by atoms with Gasteiger partial charge in [-0.2, -0.15) is 0 Å². The Kier molecular flexibility index (Phi) is 3.80. The van der Waals surface area contributed by atoms with E-state index in [-0.39, 0.29) is 0 Å². The van der Waals surface area contributed by atoms with Crippen LogP contribution in [0.2, 0.25) is 0 Å². The number of carboxylic acids is 1. The average molecular weight is 263 g/mol. The van der Waals surface area contributed by atoms with E-state index in [0.717, 1.165) is 37.1 Å². The normalized spacial score (nSPS) is 14.6. The first-order valence-electron chi connectivity index (χ1n) is 6.82. The topological polar surface area (TPSA) is 60.8 Å². The zero-order valence-corrected chi connectivity index (χ0v) is 11.5. The van der Waals surface area contributed by atoms with Gasteiger partial charge in [0.1, 0.15) is 0 Å². The van der Waals surface area contributed by atoms with E-state index in [4.69, 9.17) is 5.11 Å². The number of benzene rings is 1. The number of hydrogen-bond donors (Lipinski definition) is 2. The summed E-state index contributed by atoms with van der Waals surface area (Å²) in [5, 5.41) is 19.4. The number of hydrogen-bond acceptors (Lipinski definition) is 3. The maximum Gasteiger partial charge on any atom is 0.335 e. The van der Waals surface area contributed by atoms with Gasteiger partial charge < -0.3 is 15.1 Å². The molecule has 0 radical (unpaired) electrons. The second-order valence-corrected chi connectivity index (χ2v) is 5.25. The van der Waals surface area contributed by atoms with Crippen molar-refractivity contribution in [1.29, 1.82) is 0 Å². The molecule has 1 heterocycles. The summed E-state index contributed by atoms with van der Waals surface area (Å²) in [6, 6.07) is 5.24. The minimum Gasteiger partial charge on any atom is -0.478 e. The Bertz CT molecular complexity index is 480. The fraction of sp³-hybridized carbons (Fsp3) is 0.533. The predicted octanol–water partition coefficient (Wildman–Crippen LogP) is 2.30. The molecule has 0 saturated carbocycles.